The molecule has 0 amide bonds. The molecule has 1 unspecified atom stereocenters. The summed E-state index contributed by atoms with van der Waals surface area (Å²) in [5, 5.41) is 9.22. The van der Waals surface area contributed by atoms with Crippen LogP contribution in [0.4, 0.5) is 5.69 Å². The molecule has 1 fully saturated rings. The number of ether oxygens (including phenoxy) is 1. The summed E-state index contributed by atoms with van der Waals surface area (Å²) >= 11 is 6.28. The molecule has 1 aromatic carbocycles. The molecule has 0 aliphatic carbocycles. The first-order valence-electron chi connectivity index (χ1n) is 6.13. The number of aliphatic carboxylic acids is 1. The van der Waals surface area contributed by atoms with Crippen LogP contribution < -0.4 is 4.90 Å². The van der Waals surface area contributed by atoms with Gasteiger partial charge in [0.2, 0.25) is 0 Å². The van der Waals surface area contributed by atoms with Crippen molar-refractivity contribution < 1.29 is 14.6 Å². The molecule has 1 atom stereocenters. The fourth-order valence-electron chi connectivity index (χ4n) is 2.11. The number of hydrogen-bond donors (Lipinski definition) is 1. The SMILES string of the molecule is CC1COCCN1c1ccc(/C=C/C(=O)O)cc1Cl. The Morgan fingerprint density at radius 3 is 3.00 bits per heavy atom. The molecule has 4 nitrogen and oxygen atoms in total. The predicted molar refractivity (Wildman–Crippen MR) is 75.7 cm³/mol. The van der Waals surface area contributed by atoms with Crippen molar-refractivity contribution in [2.75, 3.05) is 24.7 Å². The first-order chi connectivity index (χ1) is 9.08. The topological polar surface area (TPSA) is 49.8 Å². The van der Waals surface area contributed by atoms with E-state index in [0.717, 1.165) is 23.9 Å². The van der Waals surface area contributed by atoms with E-state index >= 15 is 0 Å². The number of rotatable bonds is 3. The van der Waals surface area contributed by atoms with Gasteiger partial charge in [0.05, 0.1) is 23.9 Å². The minimum atomic E-state index is -0.970. The van der Waals surface area contributed by atoms with Gasteiger partial charge < -0.3 is 14.7 Å². The summed E-state index contributed by atoms with van der Waals surface area (Å²) in [4.78, 5) is 12.7. The second kappa shape index (κ2) is 6.08. The monoisotopic (exact) mass is 281 g/mol. The molecule has 1 aliphatic rings. The summed E-state index contributed by atoms with van der Waals surface area (Å²) in [5.41, 5.74) is 1.74. The normalized spacial score (nSPS) is 19.9. The van der Waals surface area contributed by atoms with Crippen LogP contribution in [0.1, 0.15) is 12.5 Å². The van der Waals surface area contributed by atoms with Gasteiger partial charge in [-0.05, 0) is 30.7 Å². The molecule has 1 aromatic rings. The van der Waals surface area contributed by atoms with E-state index in [1.807, 2.05) is 12.1 Å². The Balaban J connectivity index is 2.21. The quantitative estimate of drug-likeness (QED) is 0.866. The highest BCUT2D eigenvalue weighted by atomic mass is 35.5. The van der Waals surface area contributed by atoms with Crippen molar-refractivity contribution in [2.24, 2.45) is 0 Å². The summed E-state index contributed by atoms with van der Waals surface area (Å²) in [6.45, 7) is 4.29. The van der Waals surface area contributed by atoms with E-state index in [2.05, 4.69) is 11.8 Å². The van der Waals surface area contributed by atoms with Crippen LogP contribution in [-0.2, 0) is 9.53 Å². The average molecular weight is 282 g/mol. The fourth-order valence-corrected chi connectivity index (χ4v) is 2.41. The molecule has 0 bridgehead atoms. The van der Waals surface area contributed by atoms with Gasteiger partial charge in [-0.1, -0.05) is 17.7 Å². The smallest absolute Gasteiger partial charge is 0.328 e. The summed E-state index contributed by atoms with van der Waals surface area (Å²) in [6, 6.07) is 5.85. The van der Waals surface area contributed by atoms with Gasteiger partial charge in [0, 0.05) is 18.7 Å². The van der Waals surface area contributed by atoms with Crippen molar-refractivity contribution in [3.63, 3.8) is 0 Å². The first kappa shape index (κ1) is 13.9. The summed E-state index contributed by atoms with van der Waals surface area (Å²) < 4.78 is 5.40. The molecule has 2 rings (SSSR count). The summed E-state index contributed by atoms with van der Waals surface area (Å²) in [5.74, 6) is -0.970. The molecule has 1 heterocycles. The van der Waals surface area contributed by atoms with Crippen LogP contribution in [0.2, 0.25) is 5.02 Å². The average Bonchev–Trinajstić information content (AvgIpc) is 2.38. The molecule has 0 radical (unpaired) electrons. The third-order valence-corrected chi connectivity index (χ3v) is 3.37. The highest BCUT2D eigenvalue weighted by Crippen LogP contribution is 2.29. The summed E-state index contributed by atoms with van der Waals surface area (Å²) in [7, 11) is 0. The van der Waals surface area contributed by atoms with Gasteiger partial charge in [-0.3, -0.25) is 0 Å². The lowest BCUT2D eigenvalue weighted by molar-refractivity contribution is -0.131. The summed E-state index contributed by atoms with van der Waals surface area (Å²) in [6.07, 6.45) is 2.63. The van der Waals surface area contributed by atoms with Crippen LogP contribution in [0, 0.1) is 0 Å². The van der Waals surface area contributed by atoms with E-state index in [4.69, 9.17) is 21.4 Å². The number of carbonyl (C=O) groups is 1. The maximum atomic E-state index is 10.5. The fraction of sp³-hybridized carbons (Fsp3) is 0.357. The third-order valence-electron chi connectivity index (χ3n) is 3.07. The molecule has 1 aliphatic heterocycles. The third kappa shape index (κ3) is 3.49. The Bertz CT molecular complexity index is 501. The van der Waals surface area contributed by atoms with Crippen molar-refractivity contribution in [1.82, 2.24) is 0 Å². The Hall–Kier alpha value is -1.52. The lowest BCUT2D eigenvalue weighted by Gasteiger charge is -2.35. The van der Waals surface area contributed by atoms with E-state index in [-0.39, 0.29) is 6.04 Å². The molecule has 102 valence electrons. The number of morpholine rings is 1. The van der Waals surface area contributed by atoms with E-state index in [0.29, 0.717) is 18.2 Å². The Labute approximate surface area is 117 Å². The van der Waals surface area contributed by atoms with Gasteiger partial charge in [-0.25, -0.2) is 4.79 Å². The number of hydrogen-bond acceptors (Lipinski definition) is 3. The van der Waals surface area contributed by atoms with Crippen LogP contribution in [0.3, 0.4) is 0 Å². The van der Waals surface area contributed by atoms with Gasteiger partial charge >= 0.3 is 5.97 Å². The van der Waals surface area contributed by atoms with Crippen molar-refractivity contribution in [1.29, 1.82) is 0 Å². The van der Waals surface area contributed by atoms with E-state index in [1.54, 1.807) is 6.07 Å². The Kier molecular flexibility index (Phi) is 4.45. The van der Waals surface area contributed by atoms with Crippen LogP contribution in [-0.4, -0.2) is 36.9 Å². The van der Waals surface area contributed by atoms with E-state index < -0.39 is 5.97 Å². The number of carboxylic acid groups (broad SMARTS) is 1. The van der Waals surface area contributed by atoms with Gasteiger partial charge in [-0.2, -0.15) is 0 Å². The van der Waals surface area contributed by atoms with Gasteiger partial charge in [0.1, 0.15) is 0 Å². The molecule has 19 heavy (non-hydrogen) atoms. The van der Waals surface area contributed by atoms with Crippen LogP contribution in [0.15, 0.2) is 24.3 Å². The van der Waals surface area contributed by atoms with E-state index in [1.165, 1.54) is 6.08 Å². The van der Waals surface area contributed by atoms with Gasteiger partial charge in [0.25, 0.3) is 0 Å². The van der Waals surface area contributed by atoms with E-state index in [9.17, 15) is 4.79 Å². The molecular weight excluding hydrogens is 266 g/mol. The Morgan fingerprint density at radius 2 is 2.37 bits per heavy atom. The molecule has 5 heteroatoms. The zero-order valence-electron chi connectivity index (χ0n) is 10.7. The highest BCUT2D eigenvalue weighted by Gasteiger charge is 2.20. The lowest BCUT2D eigenvalue weighted by Crippen LogP contribution is -2.43. The zero-order chi connectivity index (χ0) is 13.8. The minimum absolute atomic E-state index is 0.284. The van der Waals surface area contributed by atoms with Crippen molar-refractivity contribution in [2.45, 2.75) is 13.0 Å². The maximum Gasteiger partial charge on any atom is 0.328 e. The predicted octanol–water partition coefficient (Wildman–Crippen LogP) is 2.66. The minimum Gasteiger partial charge on any atom is -0.478 e. The second-order valence-corrected chi connectivity index (χ2v) is 4.91. The standard InChI is InChI=1S/C14H16ClNO3/c1-10-9-19-7-6-16(10)13-4-2-11(8-12(13)15)3-5-14(17)18/h2-5,8,10H,6-7,9H2,1H3,(H,17,18)/b5-3+. The molecule has 1 N–H and O–H groups in total. The maximum absolute atomic E-state index is 10.5. The van der Waals surface area contributed by atoms with Gasteiger partial charge in [0.15, 0.2) is 0 Å². The van der Waals surface area contributed by atoms with Crippen molar-refractivity contribution >= 4 is 29.3 Å². The van der Waals surface area contributed by atoms with Crippen LogP contribution in [0.25, 0.3) is 6.08 Å². The van der Waals surface area contributed by atoms with Crippen molar-refractivity contribution in [3.05, 3.63) is 34.9 Å². The van der Waals surface area contributed by atoms with Crippen molar-refractivity contribution in [3.8, 4) is 0 Å². The second-order valence-electron chi connectivity index (χ2n) is 4.50. The number of anilines is 1. The number of halogens is 1. The Morgan fingerprint density at radius 1 is 1.58 bits per heavy atom. The lowest BCUT2D eigenvalue weighted by atomic mass is 10.1. The van der Waals surface area contributed by atoms with Gasteiger partial charge in [-0.15, -0.1) is 0 Å². The number of nitrogens with zero attached hydrogens (tertiary/aromatic N) is 1. The number of carboxylic acids is 1. The zero-order valence-corrected chi connectivity index (χ0v) is 11.4. The van der Waals surface area contributed by atoms with Crippen LogP contribution >= 0.6 is 11.6 Å². The number of benzene rings is 1. The molecule has 1 saturated heterocycles. The molecule has 0 spiro atoms. The van der Waals surface area contributed by atoms with Crippen LogP contribution in [0.5, 0.6) is 0 Å². The first-order valence-corrected chi connectivity index (χ1v) is 6.50. The largest absolute Gasteiger partial charge is 0.478 e. The highest BCUT2D eigenvalue weighted by molar-refractivity contribution is 6.33. The molecule has 0 saturated carbocycles. The molecule has 0 aromatic heterocycles. The molecular formula is C14H16ClNO3.